The molecule has 0 spiro atoms. The van der Waals surface area contributed by atoms with E-state index in [1.54, 1.807) is 6.08 Å². The number of rotatable bonds is 3. The summed E-state index contributed by atoms with van der Waals surface area (Å²) in [5.41, 5.74) is 0.372. The number of hydrogen-bond acceptors (Lipinski definition) is 4. The van der Waals surface area contributed by atoms with Gasteiger partial charge in [0.05, 0.1) is 11.5 Å². The summed E-state index contributed by atoms with van der Waals surface area (Å²) >= 11 is 0. The molecule has 0 unspecified atom stereocenters. The van der Waals surface area contributed by atoms with E-state index in [2.05, 4.69) is 0 Å². The number of hydrogen-bond donors (Lipinski definition) is 0. The lowest BCUT2D eigenvalue weighted by Crippen LogP contribution is -2.03. The molecule has 1 aromatic carbocycles. The molecule has 0 radical (unpaired) electrons. The molecule has 1 aromatic rings. The molecule has 82 valence electrons. The van der Waals surface area contributed by atoms with E-state index in [0.29, 0.717) is 17.9 Å². The molecule has 0 bridgehead atoms. The van der Waals surface area contributed by atoms with Gasteiger partial charge in [-0.25, -0.2) is 0 Å². The van der Waals surface area contributed by atoms with Gasteiger partial charge in [-0.05, 0) is 18.2 Å². The first-order valence-corrected chi connectivity index (χ1v) is 4.80. The minimum Gasteiger partial charge on any atom is -0.489 e. The molecule has 0 amide bonds. The van der Waals surface area contributed by atoms with E-state index in [0.717, 1.165) is 6.42 Å². The van der Waals surface area contributed by atoms with Gasteiger partial charge >= 0.3 is 0 Å². The van der Waals surface area contributed by atoms with Crippen LogP contribution in [0.25, 0.3) is 0 Å². The van der Waals surface area contributed by atoms with Gasteiger partial charge < -0.3 is 4.74 Å². The Hall–Kier alpha value is -2.17. The molecule has 0 saturated heterocycles. The topological polar surface area (TPSA) is 69.4 Å². The highest BCUT2D eigenvalue weighted by atomic mass is 16.6. The first-order chi connectivity index (χ1) is 7.68. The zero-order valence-corrected chi connectivity index (χ0v) is 8.38. The summed E-state index contributed by atoms with van der Waals surface area (Å²) in [4.78, 5) is 21.7. The minimum absolute atomic E-state index is 0.0298. The highest BCUT2D eigenvalue weighted by molar-refractivity contribution is 6.07. The summed E-state index contributed by atoms with van der Waals surface area (Å²) in [6, 6.07) is 5.48. The Balaban J connectivity index is 2.21. The average Bonchev–Trinajstić information content (AvgIpc) is 2.81. The first-order valence-electron chi connectivity index (χ1n) is 4.80. The van der Waals surface area contributed by atoms with E-state index in [1.807, 2.05) is 0 Å². The Labute approximate surface area is 91.5 Å². The smallest absolute Gasteiger partial charge is 0.269 e. The molecular weight excluding hydrogens is 210 g/mol. The fraction of sp³-hybridized carbons (Fsp3) is 0.182. The zero-order valence-electron chi connectivity index (χ0n) is 8.38. The summed E-state index contributed by atoms with van der Waals surface area (Å²) < 4.78 is 5.12. The van der Waals surface area contributed by atoms with Crippen LogP contribution in [0.4, 0.5) is 5.69 Å². The Bertz CT molecular complexity index is 461. The molecule has 5 heteroatoms. The van der Waals surface area contributed by atoms with E-state index in [4.69, 9.17) is 4.74 Å². The SMILES string of the molecule is O=C(C1=CCCO1)c1ccc([N+](=O)[O-])cc1. The molecule has 0 aliphatic carbocycles. The van der Waals surface area contributed by atoms with Gasteiger partial charge in [-0.3, -0.25) is 14.9 Å². The van der Waals surface area contributed by atoms with Crippen LogP contribution in [0.1, 0.15) is 16.8 Å². The van der Waals surface area contributed by atoms with E-state index in [-0.39, 0.29) is 11.5 Å². The van der Waals surface area contributed by atoms with Crippen molar-refractivity contribution in [2.24, 2.45) is 0 Å². The number of ketones is 1. The van der Waals surface area contributed by atoms with Crippen LogP contribution in [-0.2, 0) is 4.74 Å². The van der Waals surface area contributed by atoms with Crippen molar-refractivity contribution < 1.29 is 14.5 Å². The maximum Gasteiger partial charge on any atom is 0.269 e. The Kier molecular flexibility index (Phi) is 2.68. The van der Waals surface area contributed by atoms with Gasteiger partial charge in [0.15, 0.2) is 5.76 Å². The van der Waals surface area contributed by atoms with Gasteiger partial charge in [-0.2, -0.15) is 0 Å². The molecule has 0 saturated carbocycles. The quantitative estimate of drug-likeness (QED) is 0.443. The van der Waals surface area contributed by atoms with Crippen molar-refractivity contribution in [3.8, 4) is 0 Å². The van der Waals surface area contributed by atoms with Crippen LogP contribution in [0.3, 0.4) is 0 Å². The zero-order chi connectivity index (χ0) is 11.5. The van der Waals surface area contributed by atoms with Gasteiger partial charge in [-0.1, -0.05) is 0 Å². The molecule has 1 heterocycles. The normalized spacial score (nSPS) is 14.1. The third-order valence-electron chi connectivity index (χ3n) is 2.27. The van der Waals surface area contributed by atoms with Crippen molar-refractivity contribution >= 4 is 11.5 Å². The molecule has 2 rings (SSSR count). The predicted octanol–water partition coefficient (Wildman–Crippen LogP) is 2.08. The second-order valence-corrected chi connectivity index (χ2v) is 3.34. The first kappa shape index (κ1) is 10.4. The second-order valence-electron chi connectivity index (χ2n) is 3.34. The fourth-order valence-corrected chi connectivity index (χ4v) is 1.45. The van der Waals surface area contributed by atoms with Crippen LogP contribution in [0.5, 0.6) is 0 Å². The molecule has 0 N–H and O–H groups in total. The van der Waals surface area contributed by atoms with E-state index in [1.165, 1.54) is 24.3 Å². The maximum atomic E-state index is 11.8. The van der Waals surface area contributed by atoms with Crippen molar-refractivity contribution in [1.29, 1.82) is 0 Å². The van der Waals surface area contributed by atoms with Crippen LogP contribution in [0.15, 0.2) is 36.1 Å². The van der Waals surface area contributed by atoms with Crippen LogP contribution >= 0.6 is 0 Å². The number of non-ortho nitro benzene ring substituents is 1. The Morgan fingerprint density at radius 1 is 1.31 bits per heavy atom. The lowest BCUT2D eigenvalue weighted by molar-refractivity contribution is -0.384. The third-order valence-corrected chi connectivity index (χ3v) is 2.27. The van der Waals surface area contributed by atoms with Gasteiger partial charge in [0.25, 0.3) is 5.69 Å². The van der Waals surface area contributed by atoms with Crippen molar-refractivity contribution in [2.45, 2.75) is 6.42 Å². The predicted molar refractivity (Wildman–Crippen MR) is 56.1 cm³/mol. The summed E-state index contributed by atoms with van der Waals surface area (Å²) in [7, 11) is 0. The number of nitro groups is 1. The molecule has 5 nitrogen and oxygen atoms in total. The lowest BCUT2D eigenvalue weighted by atomic mass is 10.1. The molecule has 1 aliphatic rings. The lowest BCUT2D eigenvalue weighted by Gasteiger charge is -2.02. The highest BCUT2D eigenvalue weighted by Gasteiger charge is 2.17. The van der Waals surface area contributed by atoms with Crippen LogP contribution < -0.4 is 0 Å². The fourth-order valence-electron chi connectivity index (χ4n) is 1.45. The summed E-state index contributed by atoms with van der Waals surface area (Å²) in [6.45, 7) is 0.522. The summed E-state index contributed by atoms with van der Waals surface area (Å²) in [5, 5.41) is 10.4. The molecule has 0 aromatic heterocycles. The third kappa shape index (κ3) is 1.93. The molecule has 0 fully saturated rings. The van der Waals surface area contributed by atoms with Crippen molar-refractivity contribution in [2.75, 3.05) is 6.61 Å². The number of Topliss-reactive ketones (excluding diaryl/α,β-unsaturated/α-hetero) is 1. The number of carbonyl (C=O) groups excluding carboxylic acids is 1. The molecule has 0 atom stereocenters. The van der Waals surface area contributed by atoms with Crippen molar-refractivity contribution in [3.05, 3.63) is 51.8 Å². The van der Waals surface area contributed by atoms with E-state index in [9.17, 15) is 14.9 Å². The van der Waals surface area contributed by atoms with Gasteiger partial charge in [0.2, 0.25) is 5.78 Å². The highest BCUT2D eigenvalue weighted by Crippen LogP contribution is 2.18. The monoisotopic (exact) mass is 219 g/mol. The largest absolute Gasteiger partial charge is 0.489 e. The van der Waals surface area contributed by atoms with E-state index < -0.39 is 4.92 Å². The maximum absolute atomic E-state index is 11.8. The van der Waals surface area contributed by atoms with Crippen LogP contribution in [-0.4, -0.2) is 17.3 Å². The number of nitrogens with zero attached hydrogens (tertiary/aromatic N) is 1. The van der Waals surface area contributed by atoms with Gasteiger partial charge in [0, 0.05) is 24.1 Å². The number of nitro benzene ring substituents is 1. The van der Waals surface area contributed by atoms with Crippen molar-refractivity contribution in [3.63, 3.8) is 0 Å². The molecule has 16 heavy (non-hydrogen) atoms. The number of allylic oxidation sites excluding steroid dienone is 1. The van der Waals surface area contributed by atoms with Crippen LogP contribution in [0.2, 0.25) is 0 Å². The molecular formula is C11H9NO4. The number of ether oxygens (including phenoxy) is 1. The second kappa shape index (κ2) is 4.14. The minimum atomic E-state index is -0.500. The Morgan fingerprint density at radius 2 is 2.00 bits per heavy atom. The number of carbonyl (C=O) groups is 1. The van der Waals surface area contributed by atoms with Crippen LogP contribution in [0, 0.1) is 10.1 Å². The molecule has 1 aliphatic heterocycles. The average molecular weight is 219 g/mol. The summed E-state index contributed by atoms with van der Waals surface area (Å²) in [6.07, 6.45) is 2.46. The van der Waals surface area contributed by atoms with Crippen molar-refractivity contribution in [1.82, 2.24) is 0 Å². The van der Waals surface area contributed by atoms with Gasteiger partial charge in [-0.15, -0.1) is 0 Å². The number of benzene rings is 1. The summed E-state index contributed by atoms with van der Waals surface area (Å²) in [5.74, 6) is 0.0984. The van der Waals surface area contributed by atoms with E-state index >= 15 is 0 Å². The van der Waals surface area contributed by atoms with Gasteiger partial charge in [0.1, 0.15) is 0 Å². The Morgan fingerprint density at radius 3 is 2.50 bits per heavy atom. The standard InChI is InChI=1S/C11H9NO4/c13-11(10-2-1-7-16-10)8-3-5-9(6-4-8)12(14)15/h2-6H,1,7H2.